The molecule has 1 aliphatic rings. The number of thiophene rings is 1. The molecule has 2 amide bonds. The van der Waals surface area contributed by atoms with Crippen LogP contribution in [-0.2, 0) is 20.0 Å². The molecule has 0 radical (unpaired) electrons. The topological polar surface area (TPSA) is 144 Å². The van der Waals surface area contributed by atoms with Crippen molar-refractivity contribution in [3.05, 3.63) is 46.8 Å². The number of hydrogen-bond acceptors (Lipinski definition) is 7. The van der Waals surface area contributed by atoms with Crippen LogP contribution in [0.2, 0.25) is 0 Å². The Labute approximate surface area is 179 Å². The molecule has 1 aromatic heterocycles. The Morgan fingerprint density at radius 3 is 2.40 bits per heavy atom. The first-order valence-electron chi connectivity index (χ1n) is 9.08. The molecule has 1 fully saturated rings. The summed E-state index contributed by atoms with van der Waals surface area (Å²) in [5.41, 5.74) is 5.13. The van der Waals surface area contributed by atoms with Gasteiger partial charge in [0, 0.05) is 18.7 Å². The molecule has 1 aromatic carbocycles. The maximum Gasteiger partial charge on any atom is 0.275 e. The largest absolute Gasteiger partial charge is 0.366 e. The van der Waals surface area contributed by atoms with Crippen LogP contribution in [0, 0.1) is 5.92 Å². The third-order valence-electron chi connectivity index (χ3n) is 4.80. The van der Waals surface area contributed by atoms with Crippen molar-refractivity contribution in [3.63, 3.8) is 0 Å². The lowest BCUT2D eigenvalue weighted by Crippen LogP contribution is -2.37. The minimum absolute atomic E-state index is 0.0182. The molecule has 2 heterocycles. The molecule has 30 heavy (non-hydrogen) atoms. The van der Waals surface area contributed by atoms with Gasteiger partial charge in [0.1, 0.15) is 4.21 Å². The minimum atomic E-state index is -4.28. The summed E-state index contributed by atoms with van der Waals surface area (Å²) in [6, 6.07) is 7.51. The van der Waals surface area contributed by atoms with E-state index in [0.29, 0.717) is 30.3 Å². The van der Waals surface area contributed by atoms with E-state index in [1.165, 1.54) is 34.6 Å². The van der Waals surface area contributed by atoms with E-state index in [2.05, 4.69) is 6.92 Å². The first-order chi connectivity index (χ1) is 14.0. The van der Waals surface area contributed by atoms with E-state index in [0.717, 1.165) is 18.9 Å². The highest BCUT2D eigenvalue weighted by atomic mass is 32.2. The second-order valence-electron chi connectivity index (χ2n) is 7.03. The van der Waals surface area contributed by atoms with Gasteiger partial charge in [-0.15, -0.1) is 11.3 Å². The summed E-state index contributed by atoms with van der Waals surface area (Å²) in [5, 5.41) is 0. The lowest BCUT2D eigenvalue weighted by atomic mass is 10.0. The Kier molecular flexibility index (Phi) is 6.32. The van der Waals surface area contributed by atoms with Crippen LogP contribution in [0.5, 0.6) is 0 Å². The van der Waals surface area contributed by atoms with Crippen molar-refractivity contribution in [2.75, 3.05) is 13.1 Å². The quantitative estimate of drug-likeness (QED) is 0.651. The first-order valence-corrected chi connectivity index (χ1v) is 12.8. The molecule has 1 saturated heterocycles. The van der Waals surface area contributed by atoms with Crippen molar-refractivity contribution in [1.82, 2.24) is 9.03 Å². The van der Waals surface area contributed by atoms with Gasteiger partial charge in [-0.25, -0.2) is 21.6 Å². The third-order valence-corrected chi connectivity index (χ3v) is 9.58. The second-order valence-corrected chi connectivity index (χ2v) is 12.0. The van der Waals surface area contributed by atoms with Crippen LogP contribution >= 0.6 is 11.3 Å². The fraction of sp³-hybridized carbons (Fsp3) is 0.333. The van der Waals surface area contributed by atoms with Crippen molar-refractivity contribution in [2.24, 2.45) is 11.7 Å². The molecule has 9 nitrogen and oxygen atoms in total. The number of piperidine rings is 1. The zero-order chi connectivity index (χ0) is 22.1. The molecular weight excluding hydrogens is 450 g/mol. The van der Waals surface area contributed by atoms with Gasteiger partial charge in [0.05, 0.1) is 9.77 Å². The summed E-state index contributed by atoms with van der Waals surface area (Å²) in [6.07, 6.45) is 1.53. The average Bonchev–Trinajstić information content (AvgIpc) is 3.19. The number of benzene rings is 1. The zero-order valence-electron chi connectivity index (χ0n) is 16.1. The third kappa shape index (κ3) is 4.72. The molecule has 0 bridgehead atoms. The fourth-order valence-electron chi connectivity index (χ4n) is 2.98. The summed E-state index contributed by atoms with van der Waals surface area (Å²) >= 11 is 0.706. The molecule has 0 saturated carbocycles. The summed E-state index contributed by atoms with van der Waals surface area (Å²) in [5.74, 6) is -1.31. The molecule has 0 unspecified atom stereocenters. The van der Waals surface area contributed by atoms with Gasteiger partial charge >= 0.3 is 0 Å². The van der Waals surface area contributed by atoms with Crippen molar-refractivity contribution in [2.45, 2.75) is 28.9 Å². The van der Waals surface area contributed by atoms with Crippen LogP contribution in [0.3, 0.4) is 0 Å². The summed E-state index contributed by atoms with van der Waals surface area (Å²) in [6.45, 7) is 2.89. The maximum absolute atomic E-state index is 12.8. The number of nitrogens with one attached hydrogen (secondary N) is 1. The number of carbonyl (C=O) groups is 2. The van der Waals surface area contributed by atoms with Crippen LogP contribution in [0.4, 0.5) is 0 Å². The van der Waals surface area contributed by atoms with Gasteiger partial charge in [-0.2, -0.15) is 4.31 Å². The summed E-state index contributed by atoms with van der Waals surface area (Å²) in [7, 11) is -8.02. The molecule has 1 aliphatic heterocycles. The SMILES string of the molecule is CC1CCN(S(=O)(=O)c2ccc(C(=O)NS(=O)(=O)c3cccc(C(N)=O)c3)s2)CC1. The smallest absolute Gasteiger partial charge is 0.275 e. The van der Waals surface area contributed by atoms with Crippen LogP contribution in [-0.4, -0.2) is 46.0 Å². The highest BCUT2D eigenvalue weighted by molar-refractivity contribution is 7.91. The predicted octanol–water partition coefficient (Wildman–Crippen LogP) is 1.39. The van der Waals surface area contributed by atoms with E-state index in [9.17, 15) is 26.4 Å². The molecule has 162 valence electrons. The number of sulfonamides is 2. The van der Waals surface area contributed by atoms with Crippen LogP contribution in [0.1, 0.15) is 39.8 Å². The lowest BCUT2D eigenvalue weighted by molar-refractivity contribution is 0.0982. The Balaban J connectivity index is 1.78. The van der Waals surface area contributed by atoms with Gasteiger partial charge < -0.3 is 5.73 Å². The first kappa shape index (κ1) is 22.4. The molecule has 3 rings (SSSR count). The van der Waals surface area contributed by atoms with Gasteiger partial charge in [-0.1, -0.05) is 13.0 Å². The lowest BCUT2D eigenvalue weighted by Gasteiger charge is -2.28. The average molecular weight is 472 g/mol. The van der Waals surface area contributed by atoms with Crippen molar-refractivity contribution < 1.29 is 26.4 Å². The Bertz CT molecular complexity index is 1180. The minimum Gasteiger partial charge on any atom is -0.366 e. The number of nitrogens with zero attached hydrogens (tertiary/aromatic N) is 1. The molecule has 3 N–H and O–H groups in total. The van der Waals surface area contributed by atoms with Crippen molar-refractivity contribution in [1.29, 1.82) is 0 Å². The normalized spacial score (nSPS) is 16.3. The number of carbonyl (C=O) groups excluding carboxylic acids is 2. The molecular formula is C18H21N3O6S3. The fourth-order valence-corrected chi connectivity index (χ4v) is 6.88. The molecule has 2 aromatic rings. The van der Waals surface area contributed by atoms with Gasteiger partial charge in [-0.3, -0.25) is 9.59 Å². The van der Waals surface area contributed by atoms with E-state index in [4.69, 9.17) is 5.73 Å². The molecule has 0 spiro atoms. The van der Waals surface area contributed by atoms with Crippen LogP contribution in [0.15, 0.2) is 45.5 Å². The molecule has 12 heteroatoms. The van der Waals surface area contributed by atoms with E-state index < -0.39 is 31.9 Å². The van der Waals surface area contributed by atoms with E-state index >= 15 is 0 Å². The van der Waals surface area contributed by atoms with Crippen molar-refractivity contribution >= 4 is 43.2 Å². The maximum atomic E-state index is 12.8. The Morgan fingerprint density at radius 2 is 1.77 bits per heavy atom. The zero-order valence-corrected chi connectivity index (χ0v) is 18.5. The van der Waals surface area contributed by atoms with Crippen molar-refractivity contribution in [3.8, 4) is 0 Å². The second kappa shape index (κ2) is 8.46. The number of nitrogens with two attached hydrogens (primary N) is 1. The highest BCUT2D eigenvalue weighted by Gasteiger charge is 2.30. The number of rotatable bonds is 6. The van der Waals surface area contributed by atoms with Gasteiger partial charge in [0.25, 0.3) is 26.0 Å². The van der Waals surface area contributed by atoms with Crippen LogP contribution in [0.25, 0.3) is 0 Å². The Morgan fingerprint density at radius 1 is 1.10 bits per heavy atom. The van der Waals surface area contributed by atoms with Gasteiger partial charge in [-0.05, 0) is 49.1 Å². The van der Waals surface area contributed by atoms with E-state index in [1.54, 1.807) is 0 Å². The summed E-state index contributed by atoms with van der Waals surface area (Å²) in [4.78, 5) is 23.3. The van der Waals surface area contributed by atoms with E-state index in [1.807, 2.05) is 4.72 Å². The van der Waals surface area contributed by atoms with Gasteiger partial charge in [0.2, 0.25) is 5.91 Å². The predicted molar refractivity (Wildman–Crippen MR) is 111 cm³/mol. The Hall–Kier alpha value is -2.28. The number of hydrogen-bond donors (Lipinski definition) is 2. The highest BCUT2D eigenvalue weighted by Crippen LogP contribution is 2.28. The summed E-state index contributed by atoms with van der Waals surface area (Å²) < 4.78 is 53.7. The molecule has 0 aliphatic carbocycles. The molecule has 0 atom stereocenters. The van der Waals surface area contributed by atoms with E-state index in [-0.39, 0.29) is 19.5 Å². The van der Waals surface area contributed by atoms with Crippen LogP contribution < -0.4 is 10.5 Å². The number of amides is 2. The monoisotopic (exact) mass is 471 g/mol. The standard InChI is InChI=1S/C18H21N3O6S3/c1-12-7-9-21(10-8-12)30(26,27)16-6-5-15(28-16)18(23)20-29(24,25)14-4-2-3-13(11-14)17(19)22/h2-6,11-12H,7-10H2,1H3,(H2,19,22)(H,20,23). The number of primary amides is 1. The van der Waals surface area contributed by atoms with Gasteiger partial charge in [0.15, 0.2) is 0 Å².